The lowest BCUT2D eigenvalue weighted by Gasteiger charge is -2.24. The zero-order valence-corrected chi connectivity index (χ0v) is 20.0. The summed E-state index contributed by atoms with van der Waals surface area (Å²) >= 11 is 0. The molecule has 0 aromatic carbocycles. The molecule has 10 heteroatoms. The Morgan fingerprint density at radius 1 is 0.531 bits per heavy atom. The van der Waals surface area contributed by atoms with E-state index >= 15 is 0 Å². The number of rotatable bonds is 9. The van der Waals surface area contributed by atoms with Crippen molar-refractivity contribution in [2.45, 2.75) is 53.4 Å². The second-order valence-corrected chi connectivity index (χ2v) is 8.25. The Kier molecular flexibility index (Phi) is 7.16. The molecule has 4 rings (SSSR count). The molecule has 2 fully saturated rings. The van der Waals surface area contributed by atoms with Crippen LogP contribution < -0.4 is 19.6 Å². The number of hydrogen-bond donors (Lipinski definition) is 0. The van der Waals surface area contributed by atoms with E-state index in [1.165, 1.54) is 25.7 Å². The third-order valence-electron chi connectivity index (χ3n) is 6.29. The van der Waals surface area contributed by atoms with Crippen LogP contribution in [0, 0.1) is 0 Å². The third-order valence-corrected chi connectivity index (χ3v) is 6.29. The highest BCUT2D eigenvalue weighted by Crippen LogP contribution is 2.26. The van der Waals surface area contributed by atoms with Gasteiger partial charge in [-0.1, -0.05) is 0 Å². The van der Waals surface area contributed by atoms with Crippen LogP contribution in [0.4, 0.5) is 23.8 Å². The summed E-state index contributed by atoms with van der Waals surface area (Å²) in [5, 5.41) is 0. The Balaban J connectivity index is 1.82. The van der Waals surface area contributed by atoms with Crippen molar-refractivity contribution in [1.82, 2.24) is 29.9 Å². The van der Waals surface area contributed by atoms with Gasteiger partial charge in [0.15, 0.2) is 0 Å². The molecule has 0 radical (unpaired) electrons. The first kappa shape index (κ1) is 22.4. The first-order valence-electron chi connectivity index (χ1n) is 12.2. The Labute approximate surface area is 191 Å². The maximum atomic E-state index is 4.85. The molecule has 4 heterocycles. The van der Waals surface area contributed by atoms with Crippen LogP contribution in [0.2, 0.25) is 0 Å². The van der Waals surface area contributed by atoms with Crippen LogP contribution in [-0.2, 0) is 0 Å². The molecule has 2 aromatic rings. The highest BCUT2D eigenvalue weighted by molar-refractivity contribution is 5.55. The number of hydrogen-bond acceptors (Lipinski definition) is 10. The van der Waals surface area contributed by atoms with Gasteiger partial charge in [0.25, 0.3) is 0 Å². The fourth-order valence-electron chi connectivity index (χ4n) is 4.32. The summed E-state index contributed by atoms with van der Waals surface area (Å²) in [5.41, 5.74) is 0. The van der Waals surface area contributed by atoms with Gasteiger partial charge in [0.2, 0.25) is 35.4 Å². The Morgan fingerprint density at radius 2 is 0.906 bits per heavy atom. The van der Waals surface area contributed by atoms with Crippen LogP contribution in [0.5, 0.6) is 0 Å². The van der Waals surface area contributed by atoms with Crippen molar-refractivity contribution in [3.8, 4) is 11.6 Å². The van der Waals surface area contributed by atoms with E-state index in [0.29, 0.717) is 23.5 Å². The first-order chi connectivity index (χ1) is 15.7. The molecule has 0 bridgehead atoms. The van der Waals surface area contributed by atoms with Crippen molar-refractivity contribution in [3.05, 3.63) is 0 Å². The molecule has 2 aliphatic rings. The van der Waals surface area contributed by atoms with Crippen LogP contribution in [0.3, 0.4) is 0 Å². The van der Waals surface area contributed by atoms with Crippen LogP contribution >= 0.6 is 0 Å². The van der Waals surface area contributed by atoms with Gasteiger partial charge >= 0.3 is 0 Å². The van der Waals surface area contributed by atoms with E-state index in [4.69, 9.17) is 29.9 Å². The summed E-state index contributed by atoms with van der Waals surface area (Å²) in [6, 6.07) is 0. The monoisotopic (exact) mass is 440 g/mol. The average Bonchev–Trinajstić information content (AvgIpc) is 3.55. The summed E-state index contributed by atoms with van der Waals surface area (Å²) < 4.78 is 0. The fraction of sp³-hybridized carbons (Fsp3) is 0.727. The molecule has 2 saturated heterocycles. The quantitative estimate of drug-likeness (QED) is 0.579. The molecule has 0 atom stereocenters. The molecule has 0 spiro atoms. The van der Waals surface area contributed by atoms with Gasteiger partial charge in [0.05, 0.1) is 0 Å². The summed E-state index contributed by atoms with van der Waals surface area (Å²) in [6.45, 7) is 15.7. The van der Waals surface area contributed by atoms with Gasteiger partial charge in [-0.15, -0.1) is 0 Å². The van der Waals surface area contributed by atoms with Crippen LogP contribution in [-0.4, -0.2) is 82.3 Å². The van der Waals surface area contributed by atoms with E-state index in [-0.39, 0.29) is 0 Å². The van der Waals surface area contributed by atoms with E-state index in [0.717, 1.165) is 64.3 Å². The minimum atomic E-state index is 0.520. The van der Waals surface area contributed by atoms with Crippen molar-refractivity contribution >= 4 is 23.8 Å². The molecular weight excluding hydrogens is 404 g/mol. The number of nitrogens with zero attached hydrogens (tertiary/aromatic N) is 10. The van der Waals surface area contributed by atoms with Crippen molar-refractivity contribution in [1.29, 1.82) is 0 Å². The lowest BCUT2D eigenvalue weighted by Crippen LogP contribution is -2.29. The minimum Gasteiger partial charge on any atom is -0.341 e. The Hall–Kier alpha value is -2.78. The summed E-state index contributed by atoms with van der Waals surface area (Å²) in [6.07, 6.45) is 4.68. The van der Waals surface area contributed by atoms with E-state index in [1.807, 2.05) is 0 Å². The van der Waals surface area contributed by atoms with Gasteiger partial charge in [0, 0.05) is 52.4 Å². The molecule has 0 unspecified atom stereocenters. The van der Waals surface area contributed by atoms with Crippen molar-refractivity contribution in [2.75, 3.05) is 72.0 Å². The minimum absolute atomic E-state index is 0.520. The highest BCUT2D eigenvalue weighted by atomic mass is 15.4. The average molecular weight is 441 g/mol. The second-order valence-electron chi connectivity index (χ2n) is 8.25. The molecule has 0 aliphatic carbocycles. The van der Waals surface area contributed by atoms with Crippen LogP contribution in [0.15, 0.2) is 0 Å². The predicted octanol–water partition coefficient (Wildman–Crippen LogP) is 2.62. The summed E-state index contributed by atoms with van der Waals surface area (Å²) in [4.78, 5) is 37.7. The predicted molar refractivity (Wildman–Crippen MR) is 129 cm³/mol. The molecule has 32 heavy (non-hydrogen) atoms. The van der Waals surface area contributed by atoms with Gasteiger partial charge in [-0.3, -0.25) is 0 Å². The standard InChI is InChI=1S/C22H36N10/c1-5-29(6-2)19-23-17(24-20(27-19)30(7-3)8-4)18-25-21(31-13-9-10-14-31)28-22(26-18)32-15-11-12-16-32/h5-16H2,1-4H3. The normalized spacial score (nSPS) is 16.1. The molecule has 10 nitrogen and oxygen atoms in total. The number of aromatic nitrogens is 6. The molecule has 2 aliphatic heterocycles. The van der Waals surface area contributed by atoms with Crippen LogP contribution in [0.1, 0.15) is 53.4 Å². The Bertz CT molecular complexity index is 770. The smallest absolute Gasteiger partial charge is 0.230 e. The van der Waals surface area contributed by atoms with Gasteiger partial charge in [-0.2, -0.15) is 29.9 Å². The number of anilines is 4. The topological polar surface area (TPSA) is 90.3 Å². The van der Waals surface area contributed by atoms with Crippen molar-refractivity contribution in [3.63, 3.8) is 0 Å². The van der Waals surface area contributed by atoms with Gasteiger partial charge < -0.3 is 19.6 Å². The zero-order valence-electron chi connectivity index (χ0n) is 20.0. The van der Waals surface area contributed by atoms with Gasteiger partial charge in [0.1, 0.15) is 0 Å². The SMILES string of the molecule is CCN(CC)c1nc(-c2nc(N3CCCC3)nc(N3CCCC3)n2)nc(N(CC)CC)n1. The lowest BCUT2D eigenvalue weighted by molar-refractivity contribution is 0.774. The second kappa shape index (κ2) is 10.2. The summed E-state index contributed by atoms with van der Waals surface area (Å²) in [5.74, 6) is 3.88. The van der Waals surface area contributed by atoms with Crippen LogP contribution in [0.25, 0.3) is 11.6 Å². The van der Waals surface area contributed by atoms with Gasteiger partial charge in [-0.25, -0.2) is 0 Å². The van der Waals surface area contributed by atoms with Crippen molar-refractivity contribution < 1.29 is 0 Å². The zero-order chi connectivity index (χ0) is 22.5. The maximum Gasteiger partial charge on any atom is 0.230 e. The van der Waals surface area contributed by atoms with E-state index in [9.17, 15) is 0 Å². The summed E-state index contributed by atoms with van der Waals surface area (Å²) in [7, 11) is 0. The Morgan fingerprint density at radius 3 is 1.28 bits per heavy atom. The van der Waals surface area contributed by atoms with Crippen molar-refractivity contribution in [2.24, 2.45) is 0 Å². The molecule has 0 amide bonds. The van der Waals surface area contributed by atoms with E-state index in [2.05, 4.69) is 47.3 Å². The van der Waals surface area contributed by atoms with E-state index in [1.54, 1.807) is 0 Å². The molecular formula is C22H36N10. The maximum absolute atomic E-state index is 4.85. The molecule has 0 N–H and O–H groups in total. The lowest BCUT2D eigenvalue weighted by atomic mass is 10.4. The van der Waals surface area contributed by atoms with Gasteiger partial charge in [-0.05, 0) is 53.4 Å². The molecule has 174 valence electrons. The highest BCUT2D eigenvalue weighted by Gasteiger charge is 2.24. The first-order valence-corrected chi connectivity index (χ1v) is 12.2. The third kappa shape index (κ3) is 4.68. The molecule has 2 aromatic heterocycles. The van der Waals surface area contributed by atoms with E-state index < -0.39 is 0 Å². The molecule has 0 saturated carbocycles. The largest absolute Gasteiger partial charge is 0.341 e. The fourth-order valence-corrected chi connectivity index (χ4v) is 4.32.